The molecule has 0 bridgehead atoms. The van der Waals surface area contributed by atoms with E-state index in [2.05, 4.69) is 37.2 Å². The Morgan fingerprint density at radius 2 is 2.41 bits per heavy atom. The molecule has 1 aliphatic rings. The van der Waals surface area contributed by atoms with Crippen LogP contribution in [0.2, 0.25) is 0 Å². The van der Waals surface area contributed by atoms with Crippen LogP contribution in [0.15, 0.2) is 14.3 Å². The highest BCUT2D eigenvalue weighted by molar-refractivity contribution is 9.13. The fourth-order valence-corrected chi connectivity index (χ4v) is 3.74. The summed E-state index contributed by atoms with van der Waals surface area (Å²) in [4.78, 5) is 12.7. The summed E-state index contributed by atoms with van der Waals surface area (Å²) in [5.41, 5.74) is 0. The van der Waals surface area contributed by atoms with Gasteiger partial charge in [-0.05, 0) is 51.3 Å². The number of carbonyl (C=O) groups excluding carboxylic acids is 1. The van der Waals surface area contributed by atoms with E-state index in [1.807, 2.05) is 13.0 Å². The van der Waals surface area contributed by atoms with Gasteiger partial charge in [-0.1, -0.05) is 0 Å². The molecule has 1 aromatic heterocycles. The third-order valence-electron chi connectivity index (χ3n) is 2.90. The molecule has 3 nitrogen and oxygen atoms in total. The average molecular weight is 383 g/mol. The summed E-state index contributed by atoms with van der Waals surface area (Å²) < 4.78 is 7.19. The molecule has 0 radical (unpaired) electrons. The van der Waals surface area contributed by atoms with E-state index in [0.29, 0.717) is 5.92 Å². The Morgan fingerprint density at radius 1 is 1.65 bits per heavy atom. The number of carbonyl (C=O) groups is 1. The van der Waals surface area contributed by atoms with Gasteiger partial charge in [0, 0.05) is 23.0 Å². The molecule has 94 valence electrons. The highest BCUT2D eigenvalue weighted by Gasteiger charge is 2.24. The monoisotopic (exact) mass is 381 g/mol. The van der Waals surface area contributed by atoms with Gasteiger partial charge in [0.25, 0.3) is 5.91 Å². The molecule has 1 N–H and O–H groups in total. The first kappa shape index (κ1) is 13.5. The third-order valence-corrected chi connectivity index (χ3v) is 6.15. The molecule has 1 saturated heterocycles. The van der Waals surface area contributed by atoms with Gasteiger partial charge in [-0.2, -0.15) is 0 Å². The first-order valence-corrected chi connectivity index (χ1v) is 7.81. The second kappa shape index (κ2) is 5.82. The lowest BCUT2D eigenvalue weighted by Crippen LogP contribution is -2.38. The van der Waals surface area contributed by atoms with Crippen LogP contribution in [-0.4, -0.2) is 25.2 Å². The van der Waals surface area contributed by atoms with Crippen LogP contribution in [0.1, 0.15) is 23.0 Å². The van der Waals surface area contributed by atoms with Gasteiger partial charge in [-0.15, -0.1) is 11.3 Å². The highest BCUT2D eigenvalue weighted by atomic mass is 79.9. The van der Waals surface area contributed by atoms with Crippen molar-refractivity contribution in [2.45, 2.75) is 19.4 Å². The van der Waals surface area contributed by atoms with E-state index < -0.39 is 0 Å². The van der Waals surface area contributed by atoms with Gasteiger partial charge >= 0.3 is 0 Å². The van der Waals surface area contributed by atoms with Crippen LogP contribution in [0.25, 0.3) is 0 Å². The Hall–Kier alpha value is 0.0900. The topological polar surface area (TPSA) is 38.3 Å². The molecule has 6 heteroatoms. The average Bonchev–Trinajstić information content (AvgIpc) is 2.89. The fraction of sp³-hybridized carbons (Fsp3) is 0.545. The summed E-state index contributed by atoms with van der Waals surface area (Å²) in [5.74, 6) is 0.423. The molecule has 0 aromatic carbocycles. The van der Waals surface area contributed by atoms with E-state index in [-0.39, 0.29) is 11.9 Å². The zero-order valence-corrected chi connectivity index (χ0v) is 13.3. The Labute approximate surface area is 121 Å². The van der Waals surface area contributed by atoms with Crippen LogP contribution >= 0.6 is 43.2 Å². The largest absolute Gasteiger partial charge is 0.381 e. The molecular weight excluding hydrogens is 370 g/mol. The van der Waals surface area contributed by atoms with E-state index in [9.17, 15) is 4.79 Å². The molecule has 0 spiro atoms. The van der Waals surface area contributed by atoms with E-state index >= 15 is 0 Å². The zero-order chi connectivity index (χ0) is 12.4. The summed E-state index contributed by atoms with van der Waals surface area (Å²) in [5, 5.41) is 3.03. The van der Waals surface area contributed by atoms with Crippen molar-refractivity contribution in [2.24, 2.45) is 5.92 Å². The summed E-state index contributed by atoms with van der Waals surface area (Å²) in [6.07, 6.45) is 1.03. The number of halogens is 2. The van der Waals surface area contributed by atoms with Gasteiger partial charge < -0.3 is 10.1 Å². The van der Waals surface area contributed by atoms with Crippen molar-refractivity contribution in [1.29, 1.82) is 0 Å². The number of nitrogens with one attached hydrogen (secondary N) is 1. The van der Waals surface area contributed by atoms with Gasteiger partial charge in [0.1, 0.15) is 0 Å². The lowest BCUT2D eigenvalue weighted by atomic mass is 10.0. The minimum atomic E-state index is -0.0131. The third kappa shape index (κ3) is 3.30. The Morgan fingerprint density at radius 3 is 2.94 bits per heavy atom. The van der Waals surface area contributed by atoms with Crippen LogP contribution in [0.5, 0.6) is 0 Å². The first-order chi connectivity index (χ1) is 8.08. The molecule has 2 unspecified atom stereocenters. The Kier molecular flexibility index (Phi) is 4.63. The molecule has 1 aliphatic heterocycles. The van der Waals surface area contributed by atoms with Crippen molar-refractivity contribution in [2.75, 3.05) is 13.2 Å². The van der Waals surface area contributed by atoms with E-state index in [4.69, 9.17) is 4.74 Å². The molecule has 2 heterocycles. The molecule has 1 aromatic rings. The van der Waals surface area contributed by atoms with Gasteiger partial charge in [0.05, 0.1) is 15.3 Å². The SMILES string of the molecule is CC(NC(=O)c1cc(Br)c(Br)s1)C1CCOC1. The number of hydrogen-bond acceptors (Lipinski definition) is 3. The van der Waals surface area contributed by atoms with Gasteiger partial charge in [0.2, 0.25) is 0 Å². The minimum absolute atomic E-state index is 0.0131. The van der Waals surface area contributed by atoms with E-state index in [0.717, 1.165) is 32.8 Å². The van der Waals surface area contributed by atoms with Gasteiger partial charge in [-0.25, -0.2) is 0 Å². The molecular formula is C11H13Br2NO2S. The van der Waals surface area contributed by atoms with E-state index in [1.165, 1.54) is 11.3 Å². The lowest BCUT2D eigenvalue weighted by Gasteiger charge is -2.18. The lowest BCUT2D eigenvalue weighted by molar-refractivity contribution is 0.0926. The smallest absolute Gasteiger partial charge is 0.261 e. The van der Waals surface area contributed by atoms with Crippen LogP contribution in [0.3, 0.4) is 0 Å². The summed E-state index contributed by atoms with van der Waals surface area (Å²) in [6.45, 7) is 3.59. The molecule has 17 heavy (non-hydrogen) atoms. The number of rotatable bonds is 3. The summed E-state index contributed by atoms with van der Waals surface area (Å²) >= 11 is 8.20. The second-order valence-electron chi connectivity index (χ2n) is 4.12. The Bertz CT molecular complexity index is 396. The first-order valence-electron chi connectivity index (χ1n) is 5.41. The normalized spacial score (nSPS) is 21.5. The molecule has 0 aliphatic carbocycles. The number of amides is 1. The quantitative estimate of drug-likeness (QED) is 0.869. The number of hydrogen-bond donors (Lipinski definition) is 1. The fourth-order valence-electron chi connectivity index (χ4n) is 1.80. The maximum Gasteiger partial charge on any atom is 0.261 e. The standard InChI is InChI=1S/C11H13Br2NO2S/c1-6(7-2-3-16-5-7)14-11(15)9-4-8(12)10(13)17-9/h4,6-7H,2-3,5H2,1H3,(H,14,15). The maximum atomic E-state index is 12.0. The summed E-state index contributed by atoms with van der Waals surface area (Å²) in [7, 11) is 0. The van der Waals surface area contributed by atoms with Crippen LogP contribution in [-0.2, 0) is 4.74 Å². The van der Waals surface area contributed by atoms with Gasteiger partial charge in [-0.3, -0.25) is 4.79 Å². The van der Waals surface area contributed by atoms with Crippen molar-refractivity contribution in [3.8, 4) is 0 Å². The zero-order valence-electron chi connectivity index (χ0n) is 9.33. The van der Waals surface area contributed by atoms with Gasteiger partial charge in [0.15, 0.2) is 0 Å². The van der Waals surface area contributed by atoms with E-state index in [1.54, 1.807) is 0 Å². The van der Waals surface area contributed by atoms with Crippen molar-refractivity contribution >= 4 is 49.1 Å². The Balaban J connectivity index is 1.96. The molecule has 1 fully saturated rings. The number of thiophene rings is 1. The van der Waals surface area contributed by atoms with Crippen LogP contribution < -0.4 is 5.32 Å². The molecule has 2 atom stereocenters. The molecule has 0 saturated carbocycles. The highest BCUT2D eigenvalue weighted by Crippen LogP contribution is 2.32. The molecule has 1 amide bonds. The van der Waals surface area contributed by atoms with Crippen LogP contribution in [0.4, 0.5) is 0 Å². The predicted molar refractivity (Wildman–Crippen MR) is 75.6 cm³/mol. The van der Waals surface area contributed by atoms with Crippen LogP contribution in [0, 0.1) is 5.92 Å². The summed E-state index contributed by atoms with van der Waals surface area (Å²) in [6, 6.07) is 1.99. The second-order valence-corrected chi connectivity index (χ2v) is 7.34. The number of ether oxygens (including phenoxy) is 1. The predicted octanol–water partition coefficient (Wildman–Crippen LogP) is 3.43. The minimum Gasteiger partial charge on any atom is -0.381 e. The van der Waals surface area contributed by atoms with Crippen molar-refractivity contribution < 1.29 is 9.53 Å². The molecule has 2 rings (SSSR count). The van der Waals surface area contributed by atoms with Crippen molar-refractivity contribution in [1.82, 2.24) is 5.32 Å². The van der Waals surface area contributed by atoms with Crippen molar-refractivity contribution in [3.05, 3.63) is 19.2 Å². The maximum absolute atomic E-state index is 12.0. The van der Waals surface area contributed by atoms with Crippen molar-refractivity contribution in [3.63, 3.8) is 0 Å².